The van der Waals surface area contributed by atoms with E-state index in [1.165, 1.54) is 64.6 Å². The van der Waals surface area contributed by atoms with E-state index in [4.69, 9.17) is 0 Å². The number of rotatable bonds is 5. The maximum absolute atomic E-state index is 3.80. The molecule has 2 rings (SSSR count). The highest BCUT2D eigenvalue weighted by molar-refractivity contribution is 4.82. The lowest BCUT2D eigenvalue weighted by Gasteiger charge is -2.39. The van der Waals surface area contributed by atoms with Crippen LogP contribution in [0.4, 0.5) is 0 Å². The van der Waals surface area contributed by atoms with Crippen molar-refractivity contribution in [2.45, 2.75) is 70.0 Å². The summed E-state index contributed by atoms with van der Waals surface area (Å²) in [6.45, 7) is 6.12. The summed E-state index contributed by atoms with van der Waals surface area (Å²) in [7, 11) is 4.43. The number of nitrogens with zero attached hydrogens (tertiary/aromatic N) is 2. The van der Waals surface area contributed by atoms with Crippen molar-refractivity contribution in [2.24, 2.45) is 0 Å². The van der Waals surface area contributed by atoms with Gasteiger partial charge in [-0.15, -0.1) is 0 Å². The second-order valence-corrected chi connectivity index (χ2v) is 6.82. The van der Waals surface area contributed by atoms with E-state index in [9.17, 15) is 0 Å². The molecule has 1 heterocycles. The molecule has 3 heteroatoms. The van der Waals surface area contributed by atoms with Crippen LogP contribution in [0.5, 0.6) is 0 Å². The third kappa shape index (κ3) is 4.73. The van der Waals surface area contributed by atoms with Crippen molar-refractivity contribution in [1.82, 2.24) is 15.1 Å². The number of nitrogens with one attached hydrogen (secondary N) is 1. The van der Waals surface area contributed by atoms with Gasteiger partial charge in [0.05, 0.1) is 0 Å². The van der Waals surface area contributed by atoms with Gasteiger partial charge >= 0.3 is 0 Å². The summed E-state index contributed by atoms with van der Waals surface area (Å²) < 4.78 is 0. The fourth-order valence-corrected chi connectivity index (χ4v) is 3.62. The first-order chi connectivity index (χ1) is 9.16. The Hall–Kier alpha value is -0.120. The Bertz CT molecular complexity index is 240. The Morgan fingerprint density at radius 3 is 2.26 bits per heavy atom. The lowest BCUT2D eigenvalue weighted by Crippen LogP contribution is -2.49. The SMILES string of the molecule is CC(CNC1CCCCC1)N1CCC(N(C)C)CC1. The number of hydrogen-bond acceptors (Lipinski definition) is 3. The fourth-order valence-electron chi connectivity index (χ4n) is 3.62. The molecular formula is C16H33N3. The molecule has 1 saturated carbocycles. The normalized spacial score (nSPS) is 25.9. The number of piperidine rings is 1. The summed E-state index contributed by atoms with van der Waals surface area (Å²) in [4.78, 5) is 5.07. The maximum atomic E-state index is 3.80. The molecule has 0 radical (unpaired) electrons. The predicted molar refractivity (Wildman–Crippen MR) is 82.6 cm³/mol. The van der Waals surface area contributed by atoms with Gasteiger partial charge < -0.3 is 10.2 Å². The van der Waals surface area contributed by atoms with Crippen LogP contribution in [0.25, 0.3) is 0 Å². The van der Waals surface area contributed by atoms with Crippen molar-refractivity contribution in [2.75, 3.05) is 33.7 Å². The molecule has 1 aliphatic carbocycles. The van der Waals surface area contributed by atoms with Gasteiger partial charge in [0.25, 0.3) is 0 Å². The van der Waals surface area contributed by atoms with Gasteiger partial charge in [-0.25, -0.2) is 0 Å². The van der Waals surface area contributed by atoms with E-state index < -0.39 is 0 Å². The molecule has 2 fully saturated rings. The molecule has 1 saturated heterocycles. The minimum absolute atomic E-state index is 0.699. The van der Waals surface area contributed by atoms with E-state index in [-0.39, 0.29) is 0 Å². The molecule has 112 valence electrons. The van der Waals surface area contributed by atoms with Crippen molar-refractivity contribution in [3.63, 3.8) is 0 Å². The molecule has 0 aromatic rings. The van der Waals surface area contributed by atoms with Crippen LogP contribution in [-0.4, -0.2) is 61.7 Å². The van der Waals surface area contributed by atoms with Crippen LogP contribution in [0.15, 0.2) is 0 Å². The Balaban J connectivity index is 1.64. The molecule has 1 N–H and O–H groups in total. The maximum Gasteiger partial charge on any atom is 0.0192 e. The van der Waals surface area contributed by atoms with E-state index >= 15 is 0 Å². The zero-order valence-electron chi connectivity index (χ0n) is 13.2. The molecule has 3 nitrogen and oxygen atoms in total. The third-order valence-corrected chi connectivity index (χ3v) is 5.16. The molecule has 1 atom stereocenters. The molecule has 1 aliphatic heterocycles. The van der Waals surface area contributed by atoms with Crippen molar-refractivity contribution in [1.29, 1.82) is 0 Å². The molecule has 0 aromatic carbocycles. The molecule has 0 aromatic heterocycles. The minimum atomic E-state index is 0.699. The predicted octanol–water partition coefficient (Wildman–Crippen LogP) is 2.32. The highest BCUT2D eigenvalue weighted by Crippen LogP contribution is 2.19. The zero-order valence-corrected chi connectivity index (χ0v) is 13.2. The van der Waals surface area contributed by atoms with Crippen LogP contribution in [0, 0.1) is 0 Å². The molecule has 2 aliphatic rings. The van der Waals surface area contributed by atoms with E-state index in [2.05, 4.69) is 36.1 Å². The van der Waals surface area contributed by atoms with Gasteiger partial charge in [-0.2, -0.15) is 0 Å². The Morgan fingerprint density at radius 1 is 1.05 bits per heavy atom. The van der Waals surface area contributed by atoms with Gasteiger partial charge in [0.1, 0.15) is 0 Å². The quantitative estimate of drug-likeness (QED) is 0.825. The zero-order chi connectivity index (χ0) is 13.7. The van der Waals surface area contributed by atoms with Gasteiger partial charge in [-0.05, 0) is 59.8 Å². The van der Waals surface area contributed by atoms with Crippen LogP contribution in [0.2, 0.25) is 0 Å². The Kier molecular flexibility index (Phi) is 6.11. The average molecular weight is 267 g/mol. The standard InChI is InChI=1S/C16H33N3/c1-14(13-17-15-7-5-4-6-8-15)19-11-9-16(10-12-19)18(2)3/h14-17H,4-13H2,1-3H3. The minimum Gasteiger partial charge on any atom is -0.312 e. The van der Waals surface area contributed by atoms with Crippen LogP contribution in [0.1, 0.15) is 51.9 Å². The van der Waals surface area contributed by atoms with Gasteiger partial charge in [0, 0.05) is 24.7 Å². The number of likely N-dealkylation sites (tertiary alicyclic amines) is 1. The molecular weight excluding hydrogens is 234 g/mol. The van der Waals surface area contributed by atoms with E-state index in [1.807, 2.05) is 0 Å². The second kappa shape index (κ2) is 7.61. The van der Waals surface area contributed by atoms with Crippen LogP contribution >= 0.6 is 0 Å². The van der Waals surface area contributed by atoms with Crippen molar-refractivity contribution in [3.05, 3.63) is 0 Å². The van der Waals surface area contributed by atoms with Crippen LogP contribution in [-0.2, 0) is 0 Å². The first-order valence-corrected chi connectivity index (χ1v) is 8.30. The molecule has 0 spiro atoms. The van der Waals surface area contributed by atoms with Crippen LogP contribution < -0.4 is 5.32 Å². The summed E-state index contributed by atoms with van der Waals surface area (Å²) in [6, 6.07) is 2.30. The summed E-state index contributed by atoms with van der Waals surface area (Å²) in [5.41, 5.74) is 0. The van der Waals surface area contributed by atoms with Crippen molar-refractivity contribution in [3.8, 4) is 0 Å². The first kappa shape index (κ1) is 15.3. The van der Waals surface area contributed by atoms with Crippen LogP contribution in [0.3, 0.4) is 0 Å². The van der Waals surface area contributed by atoms with E-state index in [0.29, 0.717) is 6.04 Å². The molecule has 1 unspecified atom stereocenters. The fraction of sp³-hybridized carbons (Fsp3) is 1.00. The van der Waals surface area contributed by atoms with E-state index in [1.54, 1.807) is 0 Å². The monoisotopic (exact) mass is 267 g/mol. The lowest BCUT2D eigenvalue weighted by atomic mass is 9.95. The van der Waals surface area contributed by atoms with Crippen molar-refractivity contribution >= 4 is 0 Å². The van der Waals surface area contributed by atoms with E-state index in [0.717, 1.165) is 12.1 Å². The third-order valence-electron chi connectivity index (χ3n) is 5.16. The van der Waals surface area contributed by atoms with Gasteiger partial charge in [0.2, 0.25) is 0 Å². The first-order valence-electron chi connectivity index (χ1n) is 8.30. The molecule has 0 bridgehead atoms. The Morgan fingerprint density at radius 2 is 1.68 bits per heavy atom. The molecule has 0 amide bonds. The average Bonchev–Trinajstić information content (AvgIpc) is 2.46. The summed E-state index contributed by atoms with van der Waals surface area (Å²) in [6.07, 6.45) is 9.78. The largest absolute Gasteiger partial charge is 0.312 e. The number of hydrogen-bond donors (Lipinski definition) is 1. The lowest BCUT2D eigenvalue weighted by molar-refractivity contribution is 0.111. The second-order valence-electron chi connectivity index (χ2n) is 6.82. The highest BCUT2D eigenvalue weighted by Gasteiger charge is 2.24. The summed E-state index contributed by atoms with van der Waals surface area (Å²) in [5.74, 6) is 0. The topological polar surface area (TPSA) is 18.5 Å². The van der Waals surface area contributed by atoms with Crippen molar-refractivity contribution < 1.29 is 0 Å². The van der Waals surface area contributed by atoms with Gasteiger partial charge in [0.15, 0.2) is 0 Å². The van der Waals surface area contributed by atoms with Gasteiger partial charge in [-0.3, -0.25) is 4.90 Å². The smallest absolute Gasteiger partial charge is 0.0192 e. The molecule has 19 heavy (non-hydrogen) atoms. The summed E-state index contributed by atoms with van der Waals surface area (Å²) >= 11 is 0. The van der Waals surface area contributed by atoms with Gasteiger partial charge in [-0.1, -0.05) is 19.3 Å². The summed E-state index contributed by atoms with van der Waals surface area (Å²) in [5, 5.41) is 3.80. The Labute approximate surface area is 119 Å². The highest BCUT2D eigenvalue weighted by atomic mass is 15.2.